The summed E-state index contributed by atoms with van der Waals surface area (Å²) in [5.41, 5.74) is -0.469. The fourth-order valence-electron chi connectivity index (χ4n) is 0.573. The van der Waals surface area contributed by atoms with Gasteiger partial charge in [-0.2, -0.15) is 5.26 Å². The predicted octanol–water partition coefficient (Wildman–Crippen LogP) is 1.22. The van der Waals surface area contributed by atoms with E-state index in [0.717, 1.165) is 0 Å². The smallest absolute Gasteiger partial charge is 0.309 e. The maximum absolute atomic E-state index is 10.9. The van der Waals surface area contributed by atoms with Crippen molar-refractivity contribution in [3.63, 3.8) is 0 Å². The molecule has 0 aliphatic carbocycles. The first-order valence-electron chi connectivity index (χ1n) is 3.68. The van der Waals surface area contributed by atoms with Crippen LogP contribution in [-0.4, -0.2) is 18.2 Å². The normalized spacial score (nSPS) is 10.2. The molecule has 0 aromatic heterocycles. The molecule has 0 atom stereocenters. The highest BCUT2D eigenvalue weighted by Crippen LogP contribution is 2.07. The van der Waals surface area contributed by atoms with Gasteiger partial charge in [-0.25, -0.2) is 0 Å². The summed E-state index contributed by atoms with van der Waals surface area (Å²) in [5.74, 6) is -0.349. The van der Waals surface area contributed by atoms with E-state index in [1.54, 1.807) is 20.8 Å². The van der Waals surface area contributed by atoms with Crippen molar-refractivity contribution in [2.75, 3.05) is 6.61 Å². The van der Waals surface area contributed by atoms with Crippen molar-refractivity contribution in [2.24, 2.45) is 0 Å². The summed E-state index contributed by atoms with van der Waals surface area (Å²) < 4.78 is 9.28. The molecule has 4 nitrogen and oxygen atoms in total. The van der Waals surface area contributed by atoms with Crippen molar-refractivity contribution in [3.8, 4) is 6.26 Å². The molecule has 0 rings (SSSR count). The van der Waals surface area contributed by atoms with Gasteiger partial charge in [0.25, 0.3) is 6.26 Å². The fourth-order valence-corrected chi connectivity index (χ4v) is 0.573. The van der Waals surface area contributed by atoms with E-state index in [-0.39, 0.29) is 19.0 Å². The zero-order valence-electron chi connectivity index (χ0n) is 7.59. The Labute approximate surface area is 72.1 Å². The molecule has 0 aliphatic rings. The minimum atomic E-state index is -0.469. The first kappa shape index (κ1) is 10.8. The van der Waals surface area contributed by atoms with Crippen molar-refractivity contribution in [1.29, 1.82) is 5.26 Å². The number of hydrogen-bond donors (Lipinski definition) is 0. The molecule has 0 aromatic carbocycles. The lowest BCUT2D eigenvalue weighted by Crippen LogP contribution is -2.24. The summed E-state index contributed by atoms with van der Waals surface area (Å²) in [6, 6.07) is 0. The molecule has 0 N–H and O–H groups in total. The zero-order chi connectivity index (χ0) is 9.61. The Morgan fingerprint density at radius 3 is 2.50 bits per heavy atom. The Kier molecular flexibility index (Phi) is 4.12. The second kappa shape index (κ2) is 4.60. The van der Waals surface area contributed by atoms with Crippen LogP contribution in [0.4, 0.5) is 0 Å². The third kappa shape index (κ3) is 6.87. The third-order valence-corrected chi connectivity index (χ3v) is 0.893. The van der Waals surface area contributed by atoms with Gasteiger partial charge < -0.3 is 9.47 Å². The molecule has 0 amide bonds. The number of rotatable bonds is 3. The highest BCUT2D eigenvalue weighted by molar-refractivity contribution is 5.69. The van der Waals surface area contributed by atoms with Crippen molar-refractivity contribution in [1.82, 2.24) is 0 Å². The molecule has 0 saturated heterocycles. The number of nitriles is 1. The standard InChI is InChI=1S/C8H13NO3/c1-8(2,3)12-7(10)4-5-11-6-9/h4-5H2,1-3H3. The van der Waals surface area contributed by atoms with Crippen LogP contribution in [0, 0.1) is 11.5 Å². The maximum atomic E-state index is 10.9. The molecule has 0 spiro atoms. The van der Waals surface area contributed by atoms with E-state index >= 15 is 0 Å². The summed E-state index contributed by atoms with van der Waals surface area (Å²) in [7, 11) is 0. The lowest BCUT2D eigenvalue weighted by molar-refractivity contribution is -0.155. The van der Waals surface area contributed by atoms with Crippen LogP contribution in [0.2, 0.25) is 0 Å². The second-order valence-electron chi connectivity index (χ2n) is 3.28. The average molecular weight is 171 g/mol. The predicted molar refractivity (Wildman–Crippen MR) is 42.0 cm³/mol. The van der Waals surface area contributed by atoms with E-state index in [1.165, 1.54) is 6.26 Å². The van der Waals surface area contributed by atoms with Crippen LogP contribution in [0.5, 0.6) is 0 Å². The first-order valence-corrected chi connectivity index (χ1v) is 3.68. The van der Waals surface area contributed by atoms with Gasteiger partial charge >= 0.3 is 5.97 Å². The average Bonchev–Trinajstić information content (AvgIpc) is 1.84. The number of ether oxygens (including phenoxy) is 2. The molecule has 0 saturated carbocycles. The molecular formula is C8H13NO3. The summed E-state index contributed by atoms with van der Waals surface area (Å²) in [6.45, 7) is 5.45. The molecular weight excluding hydrogens is 158 g/mol. The van der Waals surface area contributed by atoms with Gasteiger partial charge in [0.05, 0.1) is 6.42 Å². The number of carbonyl (C=O) groups excluding carboxylic acids is 1. The van der Waals surface area contributed by atoms with Crippen LogP contribution in [-0.2, 0) is 14.3 Å². The van der Waals surface area contributed by atoms with E-state index < -0.39 is 5.60 Å². The van der Waals surface area contributed by atoms with Crippen molar-refractivity contribution in [3.05, 3.63) is 0 Å². The van der Waals surface area contributed by atoms with Crippen LogP contribution in [0.15, 0.2) is 0 Å². The van der Waals surface area contributed by atoms with Crippen LogP contribution >= 0.6 is 0 Å². The minimum absolute atomic E-state index is 0.0887. The Balaban J connectivity index is 3.56. The molecule has 0 aliphatic heterocycles. The van der Waals surface area contributed by atoms with E-state index in [0.29, 0.717) is 0 Å². The zero-order valence-corrected chi connectivity index (χ0v) is 7.59. The Hall–Kier alpha value is -1.24. The molecule has 0 unspecified atom stereocenters. The molecule has 68 valence electrons. The highest BCUT2D eigenvalue weighted by atomic mass is 16.6. The van der Waals surface area contributed by atoms with Crippen LogP contribution in [0.3, 0.4) is 0 Å². The summed E-state index contributed by atoms with van der Waals surface area (Å²) in [5, 5.41) is 7.99. The van der Waals surface area contributed by atoms with Crippen LogP contribution in [0.25, 0.3) is 0 Å². The SMILES string of the molecule is CC(C)(C)OC(=O)CCOC#N. The number of hydrogen-bond acceptors (Lipinski definition) is 4. The van der Waals surface area contributed by atoms with Gasteiger partial charge in [-0.15, -0.1) is 0 Å². The van der Waals surface area contributed by atoms with Crippen LogP contribution in [0.1, 0.15) is 27.2 Å². The summed E-state index contributed by atoms with van der Waals surface area (Å²) >= 11 is 0. The lowest BCUT2D eigenvalue weighted by Gasteiger charge is -2.18. The number of esters is 1. The molecule has 4 heteroatoms. The lowest BCUT2D eigenvalue weighted by atomic mass is 10.2. The van der Waals surface area contributed by atoms with Crippen molar-refractivity contribution < 1.29 is 14.3 Å². The number of nitrogens with zero attached hydrogens (tertiary/aromatic N) is 1. The van der Waals surface area contributed by atoms with Gasteiger partial charge in [0.1, 0.15) is 12.2 Å². The monoisotopic (exact) mass is 171 g/mol. The van der Waals surface area contributed by atoms with Gasteiger partial charge in [0.15, 0.2) is 0 Å². The van der Waals surface area contributed by atoms with E-state index in [9.17, 15) is 4.79 Å². The highest BCUT2D eigenvalue weighted by Gasteiger charge is 2.15. The summed E-state index contributed by atoms with van der Waals surface area (Å²) in [6.07, 6.45) is 1.59. The third-order valence-electron chi connectivity index (χ3n) is 0.893. The Morgan fingerprint density at radius 1 is 1.50 bits per heavy atom. The van der Waals surface area contributed by atoms with E-state index in [4.69, 9.17) is 10.00 Å². The Morgan fingerprint density at radius 2 is 2.08 bits per heavy atom. The quantitative estimate of drug-likeness (QED) is 0.364. The Bertz CT molecular complexity index is 187. The summed E-state index contributed by atoms with van der Waals surface area (Å²) in [4.78, 5) is 10.9. The van der Waals surface area contributed by atoms with Gasteiger partial charge in [-0.05, 0) is 20.8 Å². The van der Waals surface area contributed by atoms with Gasteiger partial charge in [-0.3, -0.25) is 4.79 Å². The van der Waals surface area contributed by atoms with Crippen molar-refractivity contribution in [2.45, 2.75) is 32.8 Å². The second-order valence-corrected chi connectivity index (χ2v) is 3.28. The molecule has 0 aromatic rings. The van der Waals surface area contributed by atoms with Crippen LogP contribution < -0.4 is 0 Å². The first-order chi connectivity index (χ1) is 5.45. The topological polar surface area (TPSA) is 59.3 Å². The maximum Gasteiger partial charge on any atom is 0.309 e. The fraction of sp³-hybridized carbons (Fsp3) is 0.750. The van der Waals surface area contributed by atoms with Gasteiger partial charge in [-0.1, -0.05) is 0 Å². The number of carbonyl (C=O) groups is 1. The molecule has 0 heterocycles. The van der Waals surface area contributed by atoms with Crippen molar-refractivity contribution >= 4 is 5.97 Å². The van der Waals surface area contributed by atoms with Gasteiger partial charge in [0, 0.05) is 0 Å². The van der Waals surface area contributed by atoms with E-state index in [2.05, 4.69) is 4.74 Å². The molecule has 0 fully saturated rings. The van der Waals surface area contributed by atoms with Gasteiger partial charge in [0.2, 0.25) is 0 Å². The molecule has 0 bridgehead atoms. The minimum Gasteiger partial charge on any atom is -0.460 e. The largest absolute Gasteiger partial charge is 0.460 e. The molecule has 0 radical (unpaired) electrons. The molecule has 12 heavy (non-hydrogen) atoms. The van der Waals surface area contributed by atoms with E-state index in [1.807, 2.05) is 0 Å².